The third-order valence-electron chi connectivity index (χ3n) is 2.92. The van der Waals surface area contributed by atoms with Crippen LogP contribution in [-0.4, -0.2) is 19.7 Å². The van der Waals surface area contributed by atoms with E-state index in [1.165, 1.54) is 0 Å². The van der Waals surface area contributed by atoms with Crippen LogP contribution in [0.4, 0.5) is 0 Å². The summed E-state index contributed by atoms with van der Waals surface area (Å²) in [6.07, 6.45) is 1.63. The number of nitrogens with two attached hydrogens (primary N) is 1. The lowest BCUT2D eigenvalue weighted by molar-refractivity contribution is 0.585. The third-order valence-corrected chi connectivity index (χ3v) is 4.83. The molecule has 0 aromatic heterocycles. The smallest absolute Gasteiger partial charge is 0.180 e. The normalized spacial score (nSPS) is 17.4. The summed E-state index contributed by atoms with van der Waals surface area (Å²) >= 11 is 0. The van der Waals surface area contributed by atoms with Gasteiger partial charge in [0.15, 0.2) is 9.84 Å². The Bertz CT molecular complexity index is 501. The van der Waals surface area contributed by atoms with Gasteiger partial charge in [-0.05, 0) is 49.9 Å². The number of hydrogen-bond donors (Lipinski definition) is 1. The Labute approximate surface area is 109 Å². The monoisotopic (exact) mass is 275 g/mol. The van der Waals surface area contributed by atoms with Crippen LogP contribution in [-0.2, 0) is 9.84 Å². The standard InChI is InChI=1S/C12H17NO2S.ClH/c1-9-5-10(2)7-11(6-9)16(14,15)8-12(13)3-4-12;/h5-7H,3-4,8,13H2,1-2H3;1H. The maximum absolute atomic E-state index is 12.1. The molecule has 0 spiro atoms. The average molecular weight is 276 g/mol. The molecule has 1 aliphatic carbocycles. The summed E-state index contributed by atoms with van der Waals surface area (Å²) in [6.45, 7) is 3.81. The first-order valence-electron chi connectivity index (χ1n) is 5.41. The molecule has 0 amide bonds. The fourth-order valence-electron chi connectivity index (χ4n) is 1.88. The minimum absolute atomic E-state index is 0. The van der Waals surface area contributed by atoms with E-state index in [4.69, 9.17) is 5.73 Å². The number of hydrogen-bond acceptors (Lipinski definition) is 3. The van der Waals surface area contributed by atoms with E-state index in [-0.39, 0.29) is 18.2 Å². The lowest BCUT2D eigenvalue weighted by Gasteiger charge is -2.11. The summed E-state index contributed by atoms with van der Waals surface area (Å²) in [6, 6.07) is 5.40. The molecule has 0 heterocycles. The lowest BCUT2D eigenvalue weighted by Crippen LogP contribution is -2.31. The second kappa shape index (κ2) is 4.59. The highest BCUT2D eigenvalue weighted by Gasteiger charge is 2.42. The van der Waals surface area contributed by atoms with Crippen LogP contribution in [0.25, 0.3) is 0 Å². The van der Waals surface area contributed by atoms with Crippen molar-refractivity contribution in [2.45, 2.75) is 37.1 Å². The highest BCUT2D eigenvalue weighted by atomic mass is 35.5. The molecule has 2 rings (SSSR count). The second-order valence-electron chi connectivity index (χ2n) is 4.94. The molecule has 0 bridgehead atoms. The summed E-state index contributed by atoms with van der Waals surface area (Å²) in [5.41, 5.74) is 7.35. The van der Waals surface area contributed by atoms with Crippen molar-refractivity contribution in [3.63, 3.8) is 0 Å². The first-order chi connectivity index (χ1) is 7.31. The molecule has 0 saturated heterocycles. The largest absolute Gasteiger partial charge is 0.324 e. The average Bonchev–Trinajstić information content (AvgIpc) is 2.80. The zero-order valence-corrected chi connectivity index (χ0v) is 11.7. The molecule has 5 heteroatoms. The fraction of sp³-hybridized carbons (Fsp3) is 0.500. The Morgan fingerprint density at radius 2 is 1.65 bits per heavy atom. The van der Waals surface area contributed by atoms with Gasteiger partial charge in [0.25, 0.3) is 0 Å². The van der Waals surface area contributed by atoms with E-state index in [1.54, 1.807) is 12.1 Å². The molecule has 1 aromatic carbocycles. The predicted molar refractivity (Wildman–Crippen MR) is 71.4 cm³/mol. The topological polar surface area (TPSA) is 60.2 Å². The van der Waals surface area contributed by atoms with Crippen LogP contribution in [0.5, 0.6) is 0 Å². The van der Waals surface area contributed by atoms with Crippen molar-refractivity contribution < 1.29 is 8.42 Å². The maximum atomic E-state index is 12.1. The molecule has 17 heavy (non-hydrogen) atoms. The van der Waals surface area contributed by atoms with E-state index < -0.39 is 15.4 Å². The molecule has 1 saturated carbocycles. The van der Waals surface area contributed by atoms with Crippen LogP contribution in [0, 0.1) is 13.8 Å². The van der Waals surface area contributed by atoms with Crippen LogP contribution >= 0.6 is 12.4 Å². The summed E-state index contributed by atoms with van der Waals surface area (Å²) in [5, 5.41) is 0. The van der Waals surface area contributed by atoms with Gasteiger partial charge in [0.05, 0.1) is 10.6 Å². The summed E-state index contributed by atoms with van der Waals surface area (Å²) < 4.78 is 24.2. The number of halogens is 1. The Kier molecular flexibility index (Phi) is 3.91. The second-order valence-corrected chi connectivity index (χ2v) is 6.93. The SMILES string of the molecule is Cc1cc(C)cc(S(=O)(=O)CC2(N)CC2)c1.Cl. The molecule has 1 aromatic rings. The van der Waals surface area contributed by atoms with Crippen molar-refractivity contribution in [2.75, 3.05) is 5.75 Å². The van der Waals surface area contributed by atoms with E-state index in [1.807, 2.05) is 19.9 Å². The molecular formula is C12H18ClNO2S. The number of sulfone groups is 1. The maximum Gasteiger partial charge on any atom is 0.180 e. The van der Waals surface area contributed by atoms with Crippen molar-refractivity contribution in [3.05, 3.63) is 29.3 Å². The van der Waals surface area contributed by atoms with Crippen LogP contribution in [0.3, 0.4) is 0 Å². The Morgan fingerprint density at radius 3 is 2.06 bits per heavy atom. The minimum Gasteiger partial charge on any atom is -0.324 e. The molecular weight excluding hydrogens is 258 g/mol. The van der Waals surface area contributed by atoms with Crippen molar-refractivity contribution in [1.82, 2.24) is 0 Å². The number of benzene rings is 1. The summed E-state index contributed by atoms with van der Waals surface area (Å²) in [4.78, 5) is 0.404. The molecule has 0 atom stereocenters. The van der Waals surface area contributed by atoms with E-state index in [0.29, 0.717) is 4.90 Å². The van der Waals surface area contributed by atoms with Gasteiger partial charge >= 0.3 is 0 Å². The summed E-state index contributed by atoms with van der Waals surface area (Å²) in [5.74, 6) is 0.0723. The first-order valence-corrected chi connectivity index (χ1v) is 7.06. The molecule has 1 aliphatic rings. The van der Waals surface area contributed by atoms with Gasteiger partial charge in [0.2, 0.25) is 0 Å². The van der Waals surface area contributed by atoms with Crippen molar-refractivity contribution in [3.8, 4) is 0 Å². The fourth-order valence-corrected chi connectivity index (χ4v) is 3.82. The van der Waals surface area contributed by atoms with Gasteiger partial charge < -0.3 is 5.73 Å². The first kappa shape index (κ1) is 14.5. The molecule has 3 nitrogen and oxygen atoms in total. The van der Waals surface area contributed by atoms with Gasteiger partial charge in [-0.3, -0.25) is 0 Å². The molecule has 1 fully saturated rings. The van der Waals surface area contributed by atoms with Gasteiger partial charge in [-0.15, -0.1) is 12.4 Å². The third kappa shape index (κ3) is 3.44. The van der Waals surface area contributed by atoms with E-state index in [2.05, 4.69) is 0 Å². The highest BCUT2D eigenvalue weighted by molar-refractivity contribution is 7.91. The van der Waals surface area contributed by atoms with Crippen LogP contribution < -0.4 is 5.73 Å². The Balaban J connectivity index is 0.00000144. The zero-order valence-electron chi connectivity index (χ0n) is 10.1. The lowest BCUT2D eigenvalue weighted by atomic mass is 10.2. The van der Waals surface area contributed by atoms with Gasteiger partial charge in [-0.25, -0.2) is 8.42 Å². The molecule has 0 radical (unpaired) electrons. The van der Waals surface area contributed by atoms with E-state index >= 15 is 0 Å². The van der Waals surface area contributed by atoms with Crippen LogP contribution in [0.2, 0.25) is 0 Å². The van der Waals surface area contributed by atoms with Crippen LogP contribution in [0.15, 0.2) is 23.1 Å². The summed E-state index contributed by atoms with van der Waals surface area (Å²) in [7, 11) is -3.23. The van der Waals surface area contributed by atoms with Crippen molar-refractivity contribution in [1.29, 1.82) is 0 Å². The molecule has 2 N–H and O–H groups in total. The van der Waals surface area contributed by atoms with Gasteiger partial charge in [0, 0.05) is 5.54 Å². The predicted octanol–water partition coefficient (Wildman–Crippen LogP) is 1.99. The Hall–Kier alpha value is -0.580. The minimum atomic E-state index is -3.23. The number of aryl methyl sites for hydroxylation is 2. The van der Waals surface area contributed by atoms with Crippen LogP contribution in [0.1, 0.15) is 24.0 Å². The Morgan fingerprint density at radius 1 is 1.18 bits per heavy atom. The molecule has 96 valence electrons. The molecule has 0 aliphatic heterocycles. The van der Waals surface area contributed by atoms with Crippen molar-refractivity contribution in [2.24, 2.45) is 5.73 Å². The van der Waals surface area contributed by atoms with E-state index in [0.717, 1.165) is 24.0 Å². The number of rotatable bonds is 3. The quantitative estimate of drug-likeness (QED) is 0.918. The zero-order chi connectivity index (χ0) is 12.0. The van der Waals surface area contributed by atoms with Gasteiger partial charge in [0.1, 0.15) is 0 Å². The van der Waals surface area contributed by atoms with Gasteiger partial charge in [-0.2, -0.15) is 0 Å². The van der Waals surface area contributed by atoms with Crippen molar-refractivity contribution >= 4 is 22.2 Å². The molecule has 0 unspecified atom stereocenters. The highest BCUT2D eigenvalue weighted by Crippen LogP contribution is 2.35. The van der Waals surface area contributed by atoms with E-state index in [9.17, 15) is 8.42 Å². The van der Waals surface area contributed by atoms with Gasteiger partial charge in [-0.1, -0.05) is 6.07 Å².